The number of primary amides is 1. The van der Waals surface area contributed by atoms with Gasteiger partial charge in [0.05, 0.1) is 16.8 Å². The topological polar surface area (TPSA) is 141 Å². The fourth-order valence-corrected chi connectivity index (χ4v) is 5.89. The second-order valence-electron chi connectivity index (χ2n) is 8.96. The Morgan fingerprint density at radius 1 is 1.23 bits per heavy atom. The van der Waals surface area contributed by atoms with E-state index in [0.717, 1.165) is 40.5 Å². The van der Waals surface area contributed by atoms with Crippen LogP contribution in [-0.2, 0) is 16.6 Å². The molecule has 1 aromatic carbocycles. The lowest BCUT2D eigenvalue weighted by Crippen LogP contribution is -2.38. The minimum absolute atomic E-state index is 0.111. The zero-order valence-corrected chi connectivity index (χ0v) is 20.8. The number of carbonyl (C=O) groups is 1. The summed E-state index contributed by atoms with van der Waals surface area (Å²) in [6.45, 7) is 4.14. The van der Waals surface area contributed by atoms with E-state index < -0.39 is 15.9 Å². The first kappa shape index (κ1) is 25.3. The number of hydrogen-bond donors (Lipinski definition) is 4. The third kappa shape index (κ3) is 5.56. The number of aromatic amines is 1. The van der Waals surface area contributed by atoms with E-state index in [0.29, 0.717) is 43.7 Å². The van der Waals surface area contributed by atoms with Crippen molar-refractivity contribution in [3.8, 4) is 11.1 Å². The van der Waals surface area contributed by atoms with Gasteiger partial charge >= 0.3 is 0 Å². The average Bonchev–Trinajstić information content (AvgIpc) is 3.30. The Bertz CT molecular complexity index is 1300. The molecule has 0 radical (unpaired) electrons. The number of hydrogen-bond acceptors (Lipinski definition) is 6. The maximum absolute atomic E-state index is 12.3. The monoisotopic (exact) mass is 499 g/mol. The van der Waals surface area contributed by atoms with E-state index in [-0.39, 0.29) is 18.3 Å². The van der Waals surface area contributed by atoms with Crippen LogP contribution in [0.5, 0.6) is 0 Å². The first-order valence-electron chi connectivity index (χ1n) is 12.0. The summed E-state index contributed by atoms with van der Waals surface area (Å²) in [5.41, 5.74) is 10.7. The van der Waals surface area contributed by atoms with E-state index >= 15 is 0 Å². The van der Waals surface area contributed by atoms with Crippen LogP contribution in [0.4, 0.5) is 0 Å². The molecular formula is C25H33N5O4S. The van der Waals surface area contributed by atoms with Crippen molar-refractivity contribution in [2.75, 3.05) is 32.0 Å². The lowest BCUT2D eigenvalue weighted by atomic mass is 9.88. The summed E-state index contributed by atoms with van der Waals surface area (Å²) >= 11 is 0. The zero-order chi connectivity index (χ0) is 25.0. The Hall–Kier alpha value is -2.79. The van der Waals surface area contributed by atoms with E-state index in [9.17, 15) is 13.2 Å². The first-order valence-corrected chi connectivity index (χ1v) is 13.6. The Morgan fingerprint density at radius 3 is 2.69 bits per heavy atom. The zero-order valence-electron chi connectivity index (χ0n) is 20.0. The van der Waals surface area contributed by atoms with E-state index in [1.165, 1.54) is 0 Å². The van der Waals surface area contributed by atoms with Crippen molar-refractivity contribution < 1.29 is 18.3 Å². The Kier molecular flexibility index (Phi) is 7.85. The van der Waals surface area contributed by atoms with Crippen LogP contribution in [0.2, 0.25) is 0 Å². The number of aliphatic hydroxyl groups is 1. The number of amides is 1. The van der Waals surface area contributed by atoms with Gasteiger partial charge in [0.2, 0.25) is 10.0 Å². The maximum atomic E-state index is 12.3. The van der Waals surface area contributed by atoms with Crippen molar-refractivity contribution in [1.82, 2.24) is 19.6 Å². The van der Waals surface area contributed by atoms with E-state index in [1.807, 2.05) is 12.3 Å². The molecule has 5 N–H and O–H groups in total. The Morgan fingerprint density at radius 2 is 2.00 bits per heavy atom. The van der Waals surface area contributed by atoms with Crippen LogP contribution in [0.1, 0.15) is 53.6 Å². The summed E-state index contributed by atoms with van der Waals surface area (Å²) in [5.74, 6) is -0.216. The molecule has 1 saturated heterocycles. The van der Waals surface area contributed by atoms with Crippen LogP contribution in [0, 0.1) is 0 Å². The van der Waals surface area contributed by atoms with Gasteiger partial charge in [-0.3, -0.25) is 9.78 Å². The average molecular weight is 500 g/mol. The van der Waals surface area contributed by atoms with E-state index in [4.69, 9.17) is 10.8 Å². The molecule has 1 aliphatic heterocycles. The number of fused-ring (bicyclic) bond motifs is 1. The summed E-state index contributed by atoms with van der Waals surface area (Å²) in [6.07, 6.45) is 7.62. The van der Waals surface area contributed by atoms with Gasteiger partial charge in [-0.25, -0.2) is 12.7 Å². The number of rotatable bonds is 10. The molecule has 0 atom stereocenters. The molecule has 0 bridgehead atoms. The predicted octanol–water partition coefficient (Wildman–Crippen LogP) is 2.33. The van der Waals surface area contributed by atoms with Gasteiger partial charge in [0.1, 0.15) is 0 Å². The van der Waals surface area contributed by atoms with Gasteiger partial charge in [-0.2, -0.15) is 0 Å². The van der Waals surface area contributed by atoms with Gasteiger partial charge in [0, 0.05) is 55.8 Å². The standard InChI is InChI=1S/C25H33N5O4S/c1-2-35(33,34)30-7-4-18(5-8-30)23-16-29-24-21(23)11-19(12-22(24)25(26)32)20-10-17(14-28-15-20)13-27-6-3-9-31/h10-12,14-16,18,27,29,31H,2-9,13H2,1H3,(H2,26,32). The third-order valence-electron chi connectivity index (χ3n) is 6.71. The van der Waals surface area contributed by atoms with Gasteiger partial charge in [-0.05, 0) is 73.5 Å². The van der Waals surface area contributed by atoms with E-state index in [1.54, 1.807) is 29.7 Å². The second kappa shape index (κ2) is 10.9. The fraction of sp³-hybridized carbons (Fsp3) is 0.440. The molecule has 2 aromatic heterocycles. The van der Waals surface area contributed by atoms with Crippen LogP contribution in [0.3, 0.4) is 0 Å². The number of benzene rings is 1. The summed E-state index contributed by atoms with van der Waals surface area (Å²) < 4.78 is 26.1. The number of H-pyrrole nitrogens is 1. The van der Waals surface area contributed by atoms with Crippen molar-refractivity contribution in [1.29, 1.82) is 0 Å². The second-order valence-corrected chi connectivity index (χ2v) is 11.2. The lowest BCUT2D eigenvalue weighted by Gasteiger charge is -2.31. The lowest BCUT2D eigenvalue weighted by molar-refractivity contribution is 0.100. The van der Waals surface area contributed by atoms with Crippen LogP contribution in [0.25, 0.3) is 22.0 Å². The predicted molar refractivity (Wildman–Crippen MR) is 136 cm³/mol. The molecule has 35 heavy (non-hydrogen) atoms. The maximum Gasteiger partial charge on any atom is 0.250 e. The highest BCUT2D eigenvalue weighted by Crippen LogP contribution is 2.37. The number of aromatic nitrogens is 2. The van der Waals surface area contributed by atoms with Gasteiger partial charge in [0.25, 0.3) is 5.91 Å². The van der Waals surface area contributed by atoms with Crippen LogP contribution < -0.4 is 11.1 Å². The SMILES string of the molecule is CCS(=O)(=O)N1CCC(c2c[nH]c3c(C(N)=O)cc(-c4cncc(CNCCCO)c4)cc23)CC1. The number of carbonyl (C=O) groups excluding carboxylic acids is 1. The molecule has 0 spiro atoms. The molecule has 0 unspecified atom stereocenters. The summed E-state index contributed by atoms with van der Waals surface area (Å²) in [6, 6.07) is 5.88. The van der Waals surface area contributed by atoms with Gasteiger partial charge in [-0.1, -0.05) is 0 Å². The van der Waals surface area contributed by atoms with Gasteiger partial charge < -0.3 is 21.1 Å². The third-order valence-corrected chi connectivity index (χ3v) is 8.59. The smallest absolute Gasteiger partial charge is 0.250 e. The van der Waals surface area contributed by atoms with Crippen molar-refractivity contribution in [2.24, 2.45) is 5.73 Å². The molecule has 0 aliphatic carbocycles. The Labute approximate surface area is 205 Å². The summed E-state index contributed by atoms with van der Waals surface area (Å²) in [7, 11) is -3.19. The molecule has 3 heterocycles. The molecule has 10 heteroatoms. The number of nitrogens with zero attached hydrogens (tertiary/aromatic N) is 2. The molecule has 4 rings (SSSR count). The number of piperidine rings is 1. The molecule has 0 saturated carbocycles. The molecule has 3 aromatic rings. The number of pyridine rings is 1. The van der Waals surface area contributed by atoms with Crippen molar-refractivity contribution in [3.63, 3.8) is 0 Å². The van der Waals surface area contributed by atoms with Crippen LogP contribution in [0.15, 0.2) is 36.8 Å². The van der Waals surface area contributed by atoms with Crippen LogP contribution in [-0.4, -0.2) is 65.7 Å². The minimum atomic E-state index is -3.19. The fourth-order valence-electron chi connectivity index (χ4n) is 4.76. The summed E-state index contributed by atoms with van der Waals surface area (Å²) in [4.78, 5) is 19.9. The molecule has 1 aliphatic rings. The van der Waals surface area contributed by atoms with Crippen molar-refractivity contribution in [2.45, 2.75) is 38.6 Å². The highest BCUT2D eigenvalue weighted by Gasteiger charge is 2.29. The van der Waals surface area contributed by atoms with Gasteiger partial charge in [-0.15, -0.1) is 0 Å². The highest BCUT2D eigenvalue weighted by molar-refractivity contribution is 7.89. The normalized spacial score (nSPS) is 15.6. The molecule has 1 amide bonds. The number of nitrogens with one attached hydrogen (secondary N) is 2. The molecular weight excluding hydrogens is 466 g/mol. The van der Waals surface area contributed by atoms with Crippen LogP contribution >= 0.6 is 0 Å². The largest absolute Gasteiger partial charge is 0.396 e. The molecule has 9 nitrogen and oxygen atoms in total. The molecule has 188 valence electrons. The molecule has 1 fully saturated rings. The summed E-state index contributed by atoms with van der Waals surface area (Å²) in [5, 5.41) is 13.2. The number of sulfonamides is 1. The van der Waals surface area contributed by atoms with Gasteiger partial charge in [0.15, 0.2) is 0 Å². The quantitative estimate of drug-likeness (QED) is 0.316. The first-order chi connectivity index (χ1) is 16.8. The highest BCUT2D eigenvalue weighted by atomic mass is 32.2. The minimum Gasteiger partial charge on any atom is -0.396 e. The van der Waals surface area contributed by atoms with Crippen molar-refractivity contribution >= 4 is 26.8 Å². The Balaban J connectivity index is 1.65. The van der Waals surface area contributed by atoms with E-state index in [2.05, 4.69) is 21.4 Å². The number of aliphatic hydroxyl groups excluding tert-OH is 1. The number of nitrogens with two attached hydrogens (primary N) is 1. The van der Waals surface area contributed by atoms with Crippen molar-refractivity contribution in [3.05, 3.63) is 53.5 Å².